The van der Waals surface area contributed by atoms with Crippen molar-refractivity contribution in [3.8, 4) is 16.8 Å². The smallest absolute Gasteiger partial charge is 0.247 e. The molecule has 208 valence electrons. The van der Waals surface area contributed by atoms with Crippen LogP contribution in [-0.4, -0.2) is 11.3 Å². The van der Waals surface area contributed by atoms with E-state index in [4.69, 9.17) is 0 Å². The molecule has 3 heterocycles. The molecule has 7 aromatic carbocycles. The molecule has 0 N–H and O–H groups in total. The fourth-order valence-corrected chi connectivity index (χ4v) is 8.72. The van der Waals surface area contributed by atoms with Crippen LogP contribution >= 0.6 is 0 Å². The third kappa shape index (κ3) is 3.14. The average molecular weight is 570 g/mol. The summed E-state index contributed by atoms with van der Waals surface area (Å²) < 4.78 is 2.57. The zero-order valence-electron chi connectivity index (χ0n) is 24.7. The second-order valence-electron chi connectivity index (χ2n) is 12.4. The molecule has 2 heteroatoms. The minimum Gasteiger partial charge on any atom is -0.310 e. The van der Waals surface area contributed by atoms with E-state index in [0.29, 0.717) is 0 Å². The van der Waals surface area contributed by atoms with Crippen molar-refractivity contribution in [3.05, 3.63) is 192 Å². The van der Waals surface area contributed by atoms with E-state index in [0.717, 1.165) is 0 Å². The van der Waals surface area contributed by atoms with E-state index in [-0.39, 0.29) is 6.71 Å². The van der Waals surface area contributed by atoms with E-state index in [1.807, 2.05) is 0 Å². The Balaban J connectivity index is 1.42. The average Bonchev–Trinajstić information content (AvgIpc) is 3.47. The van der Waals surface area contributed by atoms with E-state index in [2.05, 4.69) is 174 Å². The predicted octanol–water partition coefficient (Wildman–Crippen LogP) is 7.98. The highest BCUT2D eigenvalue weighted by Gasteiger charge is 2.50. The number of para-hydroxylation sites is 1. The molecule has 2 aliphatic rings. The first kappa shape index (κ1) is 24.8. The molecule has 1 aromatic heterocycles. The van der Waals surface area contributed by atoms with Gasteiger partial charge in [-0.1, -0.05) is 163 Å². The summed E-state index contributed by atoms with van der Waals surface area (Å²) in [6, 6.07) is 63.1. The molecule has 0 fully saturated rings. The number of rotatable bonds is 3. The van der Waals surface area contributed by atoms with Crippen molar-refractivity contribution in [1.29, 1.82) is 0 Å². The third-order valence-corrected chi connectivity index (χ3v) is 10.3. The van der Waals surface area contributed by atoms with Crippen molar-refractivity contribution in [2.24, 2.45) is 0 Å². The highest BCUT2D eigenvalue weighted by atomic mass is 15.0. The second-order valence-corrected chi connectivity index (χ2v) is 12.4. The minimum atomic E-state index is -0.454. The van der Waals surface area contributed by atoms with Gasteiger partial charge in [0.05, 0.1) is 10.9 Å². The zero-order valence-corrected chi connectivity index (χ0v) is 24.7. The van der Waals surface area contributed by atoms with E-state index >= 15 is 0 Å². The first-order valence-corrected chi connectivity index (χ1v) is 15.8. The van der Waals surface area contributed by atoms with Crippen LogP contribution in [-0.2, 0) is 5.41 Å². The normalized spacial score (nSPS) is 13.9. The first-order valence-electron chi connectivity index (χ1n) is 15.8. The van der Waals surface area contributed by atoms with Gasteiger partial charge in [0, 0.05) is 22.0 Å². The highest BCUT2D eigenvalue weighted by Crippen LogP contribution is 2.48. The van der Waals surface area contributed by atoms with Gasteiger partial charge in [-0.2, -0.15) is 0 Å². The number of benzene rings is 7. The summed E-state index contributed by atoms with van der Waals surface area (Å²) >= 11 is 0. The maximum Gasteiger partial charge on any atom is 0.247 e. The molecule has 0 aliphatic carbocycles. The largest absolute Gasteiger partial charge is 0.310 e. The Labute approximate surface area is 263 Å². The van der Waals surface area contributed by atoms with Crippen LogP contribution in [0.25, 0.3) is 38.6 Å². The third-order valence-electron chi connectivity index (χ3n) is 10.3. The van der Waals surface area contributed by atoms with Crippen LogP contribution in [0.5, 0.6) is 0 Å². The van der Waals surface area contributed by atoms with Gasteiger partial charge in [0.2, 0.25) is 6.71 Å². The molecule has 1 nitrogen and oxygen atoms in total. The van der Waals surface area contributed by atoms with Gasteiger partial charge in [-0.25, -0.2) is 0 Å². The van der Waals surface area contributed by atoms with Crippen molar-refractivity contribution in [2.45, 2.75) is 5.41 Å². The summed E-state index contributed by atoms with van der Waals surface area (Å²) in [6.45, 7) is 0.122. The zero-order chi connectivity index (χ0) is 29.5. The van der Waals surface area contributed by atoms with Gasteiger partial charge in [-0.05, 0) is 56.4 Å². The van der Waals surface area contributed by atoms with Crippen LogP contribution in [0.2, 0.25) is 0 Å². The van der Waals surface area contributed by atoms with Gasteiger partial charge in [-0.3, -0.25) is 0 Å². The van der Waals surface area contributed by atoms with E-state index in [1.165, 1.54) is 77.3 Å². The SMILES string of the molecule is c1ccc(-c2ccc3c4c2c2ccccc2n4-c2cccc4c2B3c2ccccc2C4(c2ccccc2)c2ccccc2)cc1. The van der Waals surface area contributed by atoms with Crippen LogP contribution < -0.4 is 16.4 Å². The van der Waals surface area contributed by atoms with E-state index in [9.17, 15) is 0 Å². The Morgan fingerprint density at radius 3 is 1.84 bits per heavy atom. The molecule has 8 aromatic rings. The Morgan fingerprint density at radius 1 is 0.467 bits per heavy atom. The topological polar surface area (TPSA) is 4.93 Å². The van der Waals surface area contributed by atoms with Gasteiger partial charge in [0.25, 0.3) is 0 Å². The van der Waals surface area contributed by atoms with Gasteiger partial charge < -0.3 is 4.57 Å². The van der Waals surface area contributed by atoms with Gasteiger partial charge in [0.1, 0.15) is 0 Å². The second kappa shape index (κ2) is 9.20. The van der Waals surface area contributed by atoms with E-state index in [1.54, 1.807) is 0 Å². The predicted molar refractivity (Wildman–Crippen MR) is 189 cm³/mol. The molecule has 2 aliphatic heterocycles. The number of aromatic nitrogens is 1. The minimum absolute atomic E-state index is 0.122. The Kier molecular flexibility index (Phi) is 5.07. The Bertz CT molecular complexity index is 2380. The molecular weight excluding hydrogens is 541 g/mol. The lowest BCUT2D eigenvalue weighted by molar-refractivity contribution is 0.750. The quantitative estimate of drug-likeness (QED) is 0.190. The number of hydrogen-bond acceptors (Lipinski definition) is 0. The van der Waals surface area contributed by atoms with Gasteiger partial charge in [0.15, 0.2) is 0 Å². The number of nitrogens with zero attached hydrogens (tertiary/aromatic N) is 1. The van der Waals surface area contributed by atoms with Crippen LogP contribution in [0, 0.1) is 0 Å². The molecule has 0 saturated carbocycles. The molecule has 0 bridgehead atoms. The molecule has 0 atom stereocenters. The summed E-state index contributed by atoms with van der Waals surface area (Å²) in [6.07, 6.45) is 0. The maximum absolute atomic E-state index is 2.57. The van der Waals surface area contributed by atoms with Gasteiger partial charge in [-0.15, -0.1) is 0 Å². The highest BCUT2D eigenvalue weighted by molar-refractivity contribution is 6.99. The molecule has 0 radical (unpaired) electrons. The number of hydrogen-bond donors (Lipinski definition) is 0. The fourth-order valence-electron chi connectivity index (χ4n) is 8.72. The van der Waals surface area contributed by atoms with Crippen molar-refractivity contribution >= 4 is 44.9 Å². The summed E-state index contributed by atoms with van der Waals surface area (Å²) in [5.41, 5.74) is 15.4. The standard InChI is InChI=1S/C43H28BN/c1-4-15-29(16-5-1)32-27-28-37-42-40(32)33-21-10-13-25-38(33)45(42)39-26-14-23-35-41(39)44(37)36-24-12-11-22-34(36)43(35,30-17-6-2-7-18-30)31-19-8-3-9-20-31/h1-28H. The van der Waals surface area contributed by atoms with Crippen molar-refractivity contribution in [1.82, 2.24) is 4.57 Å². The Hall–Kier alpha value is -5.60. The molecule has 0 spiro atoms. The summed E-state index contributed by atoms with van der Waals surface area (Å²) in [5, 5.41) is 2.64. The lowest BCUT2D eigenvalue weighted by Gasteiger charge is -2.46. The maximum atomic E-state index is 2.57. The van der Waals surface area contributed by atoms with Crippen molar-refractivity contribution in [3.63, 3.8) is 0 Å². The lowest BCUT2D eigenvalue weighted by atomic mass is 9.29. The van der Waals surface area contributed by atoms with Crippen LogP contribution in [0.1, 0.15) is 22.3 Å². The molecular formula is C43H28BN. The van der Waals surface area contributed by atoms with Crippen molar-refractivity contribution < 1.29 is 0 Å². The molecule has 10 rings (SSSR count). The summed E-state index contributed by atoms with van der Waals surface area (Å²) in [5.74, 6) is 0. The molecule has 0 amide bonds. The monoisotopic (exact) mass is 569 g/mol. The fraction of sp³-hybridized carbons (Fsp3) is 0.0233. The van der Waals surface area contributed by atoms with Crippen molar-refractivity contribution in [2.75, 3.05) is 0 Å². The van der Waals surface area contributed by atoms with E-state index < -0.39 is 5.41 Å². The Morgan fingerprint density at radius 2 is 1.09 bits per heavy atom. The molecule has 45 heavy (non-hydrogen) atoms. The summed E-state index contributed by atoms with van der Waals surface area (Å²) in [7, 11) is 0. The molecule has 0 unspecified atom stereocenters. The first-order chi connectivity index (χ1) is 22.4. The number of fused-ring (bicyclic) bond motifs is 7. The van der Waals surface area contributed by atoms with Crippen LogP contribution in [0.3, 0.4) is 0 Å². The summed E-state index contributed by atoms with van der Waals surface area (Å²) in [4.78, 5) is 0. The van der Waals surface area contributed by atoms with Gasteiger partial charge >= 0.3 is 0 Å². The molecule has 0 saturated heterocycles. The lowest BCUT2D eigenvalue weighted by Crippen LogP contribution is -2.64. The van der Waals surface area contributed by atoms with Crippen LogP contribution in [0.15, 0.2) is 170 Å². The van der Waals surface area contributed by atoms with Crippen LogP contribution in [0.4, 0.5) is 0 Å².